The van der Waals surface area contributed by atoms with Gasteiger partial charge in [0, 0.05) is 10.9 Å². The van der Waals surface area contributed by atoms with Gasteiger partial charge in [-0.3, -0.25) is 4.79 Å². The fourth-order valence-electron chi connectivity index (χ4n) is 3.73. The van der Waals surface area contributed by atoms with Crippen LogP contribution in [0.1, 0.15) is 12.5 Å². The number of benzene rings is 3. The number of aromatic nitrogens is 4. The van der Waals surface area contributed by atoms with Gasteiger partial charge in [0.2, 0.25) is 5.82 Å². The molecule has 0 aliphatic carbocycles. The van der Waals surface area contributed by atoms with Crippen molar-refractivity contribution < 1.29 is 14.0 Å². The van der Waals surface area contributed by atoms with E-state index in [9.17, 15) is 4.79 Å². The molecule has 0 saturated carbocycles. The summed E-state index contributed by atoms with van der Waals surface area (Å²) in [6, 6.07) is 20.3. The van der Waals surface area contributed by atoms with Crippen LogP contribution < -0.4 is 15.0 Å². The molecule has 34 heavy (non-hydrogen) atoms. The first-order chi connectivity index (χ1) is 16.6. The Balaban J connectivity index is 1.64. The molecule has 2 aromatic heterocycles. The van der Waals surface area contributed by atoms with Gasteiger partial charge in [0.05, 0.1) is 24.8 Å². The zero-order valence-corrected chi connectivity index (χ0v) is 19.0. The third kappa shape index (κ3) is 3.79. The van der Waals surface area contributed by atoms with Crippen molar-refractivity contribution in [2.45, 2.75) is 13.8 Å². The quantitative estimate of drug-likeness (QED) is 0.363. The summed E-state index contributed by atoms with van der Waals surface area (Å²) in [5.74, 6) is 1.78. The number of rotatable bonds is 6. The second kappa shape index (κ2) is 8.82. The highest BCUT2D eigenvalue weighted by Gasteiger charge is 2.19. The zero-order valence-electron chi connectivity index (χ0n) is 19.0. The summed E-state index contributed by atoms with van der Waals surface area (Å²) in [7, 11) is 1.58. The maximum absolute atomic E-state index is 13.2. The first kappa shape index (κ1) is 21.4. The Kier molecular flexibility index (Phi) is 5.55. The summed E-state index contributed by atoms with van der Waals surface area (Å²) in [4.78, 5) is 17.8. The fraction of sp³-hybridized carbons (Fsp3) is 0.154. The van der Waals surface area contributed by atoms with E-state index in [2.05, 4.69) is 15.2 Å². The second-order valence-corrected chi connectivity index (χ2v) is 7.67. The number of hydrogen-bond donors (Lipinski definition) is 0. The molecule has 0 aliphatic heterocycles. The van der Waals surface area contributed by atoms with Crippen LogP contribution in [0.4, 0.5) is 0 Å². The number of aryl methyl sites for hydroxylation is 1. The molecule has 0 amide bonds. The number of methoxy groups -OCH3 is 1. The van der Waals surface area contributed by atoms with Crippen LogP contribution in [-0.2, 0) is 0 Å². The summed E-state index contributed by atoms with van der Waals surface area (Å²) in [6.07, 6.45) is 0. The zero-order chi connectivity index (χ0) is 23.7. The Morgan fingerprint density at radius 3 is 2.47 bits per heavy atom. The van der Waals surface area contributed by atoms with Crippen LogP contribution in [0.3, 0.4) is 0 Å². The van der Waals surface area contributed by atoms with E-state index in [1.165, 1.54) is 4.68 Å². The highest BCUT2D eigenvalue weighted by atomic mass is 16.5. The van der Waals surface area contributed by atoms with Crippen LogP contribution in [0.5, 0.6) is 11.5 Å². The Hall–Kier alpha value is -4.46. The SMILES string of the molecule is CCOc1ccc(-c2noc(-c3nn(-c4ccc(C)cc4)c(=O)c4ccccc34)n2)cc1OC. The topological polar surface area (TPSA) is 92.3 Å². The molecule has 170 valence electrons. The summed E-state index contributed by atoms with van der Waals surface area (Å²) in [6.45, 7) is 4.42. The number of ether oxygens (including phenoxy) is 2. The molecule has 0 bridgehead atoms. The summed E-state index contributed by atoms with van der Waals surface area (Å²) >= 11 is 0. The lowest BCUT2D eigenvalue weighted by molar-refractivity contribution is 0.311. The predicted molar refractivity (Wildman–Crippen MR) is 129 cm³/mol. The van der Waals surface area contributed by atoms with E-state index in [1.54, 1.807) is 25.3 Å². The van der Waals surface area contributed by atoms with Crippen LogP contribution in [0.15, 0.2) is 76.0 Å². The molecular formula is C26H22N4O4. The van der Waals surface area contributed by atoms with Crippen molar-refractivity contribution in [2.24, 2.45) is 0 Å². The van der Waals surface area contributed by atoms with Gasteiger partial charge in [-0.05, 0) is 50.2 Å². The van der Waals surface area contributed by atoms with Gasteiger partial charge in [-0.2, -0.15) is 14.8 Å². The van der Waals surface area contributed by atoms with Gasteiger partial charge in [-0.25, -0.2) is 0 Å². The lowest BCUT2D eigenvalue weighted by Gasteiger charge is -2.09. The molecule has 0 radical (unpaired) electrons. The third-order valence-electron chi connectivity index (χ3n) is 5.43. The number of nitrogens with zero attached hydrogens (tertiary/aromatic N) is 4. The van der Waals surface area contributed by atoms with E-state index in [1.807, 2.05) is 62.4 Å². The average Bonchev–Trinajstić information content (AvgIpc) is 3.36. The molecule has 0 saturated heterocycles. The van der Waals surface area contributed by atoms with Gasteiger partial charge >= 0.3 is 0 Å². The first-order valence-corrected chi connectivity index (χ1v) is 10.8. The number of fused-ring (bicyclic) bond motifs is 1. The van der Waals surface area contributed by atoms with E-state index in [-0.39, 0.29) is 11.4 Å². The van der Waals surface area contributed by atoms with Gasteiger partial charge in [0.1, 0.15) is 0 Å². The van der Waals surface area contributed by atoms with Crippen molar-refractivity contribution in [3.63, 3.8) is 0 Å². The van der Waals surface area contributed by atoms with Gasteiger partial charge in [0.15, 0.2) is 17.2 Å². The molecule has 0 N–H and O–H groups in total. The second-order valence-electron chi connectivity index (χ2n) is 7.67. The normalized spacial score (nSPS) is 11.0. The number of hydrogen-bond acceptors (Lipinski definition) is 7. The minimum Gasteiger partial charge on any atom is -0.493 e. The van der Waals surface area contributed by atoms with Crippen LogP contribution in [0.2, 0.25) is 0 Å². The molecule has 5 rings (SSSR count). The smallest absolute Gasteiger partial charge is 0.279 e. The molecule has 8 nitrogen and oxygen atoms in total. The van der Waals surface area contributed by atoms with Gasteiger partial charge in [-0.1, -0.05) is 41.1 Å². The van der Waals surface area contributed by atoms with E-state index >= 15 is 0 Å². The summed E-state index contributed by atoms with van der Waals surface area (Å²) in [5, 5.41) is 9.90. The van der Waals surface area contributed by atoms with E-state index in [4.69, 9.17) is 14.0 Å². The van der Waals surface area contributed by atoms with Crippen molar-refractivity contribution in [3.05, 3.63) is 82.6 Å². The summed E-state index contributed by atoms with van der Waals surface area (Å²) in [5.41, 5.74) is 2.64. The Labute approximate surface area is 195 Å². The van der Waals surface area contributed by atoms with Crippen molar-refractivity contribution in [1.29, 1.82) is 0 Å². The van der Waals surface area contributed by atoms with Crippen LogP contribution in [-0.4, -0.2) is 33.6 Å². The van der Waals surface area contributed by atoms with E-state index < -0.39 is 0 Å². The highest BCUT2D eigenvalue weighted by molar-refractivity contribution is 5.92. The largest absolute Gasteiger partial charge is 0.493 e. The van der Waals surface area contributed by atoms with Crippen molar-refractivity contribution in [2.75, 3.05) is 13.7 Å². The minimum absolute atomic E-state index is 0.208. The van der Waals surface area contributed by atoms with E-state index in [0.717, 1.165) is 5.56 Å². The summed E-state index contributed by atoms with van der Waals surface area (Å²) < 4.78 is 18.0. The van der Waals surface area contributed by atoms with Crippen LogP contribution >= 0.6 is 0 Å². The van der Waals surface area contributed by atoms with Crippen molar-refractivity contribution in [3.8, 4) is 40.2 Å². The molecule has 0 aliphatic rings. The Morgan fingerprint density at radius 1 is 0.971 bits per heavy atom. The van der Waals surface area contributed by atoms with Gasteiger partial charge < -0.3 is 14.0 Å². The Bertz CT molecular complexity index is 1540. The van der Waals surface area contributed by atoms with Crippen molar-refractivity contribution in [1.82, 2.24) is 19.9 Å². The predicted octanol–water partition coefficient (Wildman–Crippen LogP) is 4.82. The van der Waals surface area contributed by atoms with E-state index in [0.29, 0.717) is 51.6 Å². The van der Waals surface area contributed by atoms with Crippen LogP contribution in [0, 0.1) is 6.92 Å². The molecule has 0 spiro atoms. The highest BCUT2D eigenvalue weighted by Crippen LogP contribution is 2.33. The standard InChI is InChI=1S/C26H22N4O4/c1-4-33-21-14-11-17(15-22(21)32-3)24-27-25(34-29-24)23-19-7-5-6-8-20(19)26(31)30(28-23)18-12-9-16(2)10-13-18/h5-15H,4H2,1-3H3. The average molecular weight is 454 g/mol. The van der Waals surface area contributed by atoms with Gasteiger partial charge in [-0.15, -0.1) is 0 Å². The van der Waals surface area contributed by atoms with Crippen molar-refractivity contribution >= 4 is 10.8 Å². The third-order valence-corrected chi connectivity index (χ3v) is 5.43. The molecule has 8 heteroatoms. The lowest BCUT2D eigenvalue weighted by atomic mass is 10.1. The maximum atomic E-state index is 13.2. The molecule has 3 aromatic carbocycles. The molecule has 5 aromatic rings. The molecule has 0 fully saturated rings. The molecule has 0 unspecified atom stereocenters. The minimum atomic E-state index is -0.223. The lowest BCUT2D eigenvalue weighted by Crippen LogP contribution is -2.22. The molecular weight excluding hydrogens is 432 g/mol. The Morgan fingerprint density at radius 2 is 1.74 bits per heavy atom. The molecule has 0 atom stereocenters. The maximum Gasteiger partial charge on any atom is 0.279 e. The van der Waals surface area contributed by atoms with Crippen LogP contribution in [0.25, 0.3) is 39.4 Å². The first-order valence-electron chi connectivity index (χ1n) is 10.8. The molecule has 2 heterocycles. The monoisotopic (exact) mass is 454 g/mol. The van der Waals surface area contributed by atoms with Gasteiger partial charge in [0.25, 0.3) is 11.4 Å². The fourth-order valence-corrected chi connectivity index (χ4v) is 3.73.